The minimum atomic E-state index is -0.902. The summed E-state index contributed by atoms with van der Waals surface area (Å²) in [6, 6.07) is -0.348. The van der Waals surface area contributed by atoms with Crippen molar-refractivity contribution in [3.63, 3.8) is 0 Å². The fourth-order valence-electron chi connectivity index (χ4n) is 1.28. The van der Waals surface area contributed by atoms with E-state index in [1.165, 1.54) is 6.92 Å². The Kier molecular flexibility index (Phi) is 6.12. The molecule has 0 saturated heterocycles. The quantitative estimate of drug-likeness (QED) is 0.633. The Morgan fingerprint density at radius 3 is 2.20 bits per heavy atom. The van der Waals surface area contributed by atoms with E-state index < -0.39 is 12.1 Å². The Morgan fingerprint density at radius 1 is 1.33 bits per heavy atom. The van der Waals surface area contributed by atoms with Crippen molar-refractivity contribution >= 4 is 11.8 Å². The predicted molar refractivity (Wildman–Crippen MR) is 55.6 cm³/mol. The van der Waals surface area contributed by atoms with E-state index in [1.807, 2.05) is 0 Å². The van der Waals surface area contributed by atoms with Crippen molar-refractivity contribution in [1.82, 2.24) is 4.90 Å². The van der Waals surface area contributed by atoms with Crippen LogP contribution in [0.4, 0.5) is 0 Å². The van der Waals surface area contributed by atoms with Crippen molar-refractivity contribution in [3.8, 4) is 0 Å². The molecule has 5 nitrogen and oxygen atoms in total. The van der Waals surface area contributed by atoms with Gasteiger partial charge in [0, 0.05) is 13.1 Å². The largest absolute Gasteiger partial charge is 0.481 e. The maximum absolute atomic E-state index is 11.1. The number of ketones is 1. The van der Waals surface area contributed by atoms with E-state index in [9.17, 15) is 14.7 Å². The van der Waals surface area contributed by atoms with Gasteiger partial charge in [-0.1, -0.05) is 0 Å². The molecule has 0 aromatic carbocycles. The van der Waals surface area contributed by atoms with E-state index in [1.54, 1.807) is 18.7 Å². The van der Waals surface area contributed by atoms with Gasteiger partial charge in [-0.2, -0.15) is 0 Å². The molecule has 0 aliphatic rings. The number of hydrogen-bond acceptors (Lipinski definition) is 4. The summed E-state index contributed by atoms with van der Waals surface area (Å²) < 4.78 is 0. The molecule has 0 bridgehead atoms. The number of aliphatic hydroxyl groups is 1. The van der Waals surface area contributed by atoms with E-state index in [0.717, 1.165) is 0 Å². The van der Waals surface area contributed by atoms with Crippen LogP contribution in [0.25, 0.3) is 0 Å². The van der Waals surface area contributed by atoms with E-state index in [4.69, 9.17) is 5.11 Å². The molecule has 15 heavy (non-hydrogen) atoms. The first-order valence-electron chi connectivity index (χ1n) is 4.99. The van der Waals surface area contributed by atoms with Gasteiger partial charge < -0.3 is 10.2 Å². The van der Waals surface area contributed by atoms with Gasteiger partial charge in [-0.25, -0.2) is 0 Å². The number of carbonyl (C=O) groups is 2. The average Bonchev–Trinajstić information content (AvgIpc) is 2.10. The van der Waals surface area contributed by atoms with Gasteiger partial charge in [-0.3, -0.25) is 14.5 Å². The van der Waals surface area contributed by atoms with E-state index in [-0.39, 0.29) is 24.8 Å². The zero-order valence-corrected chi connectivity index (χ0v) is 9.43. The van der Waals surface area contributed by atoms with Crippen LogP contribution >= 0.6 is 0 Å². The number of rotatable bonds is 7. The third kappa shape index (κ3) is 6.19. The Bertz CT molecular complexity index is 227. The van der Waals surface area contributed by atoms with Crippen LogP contribution in [0.5, 0.6) is 0 Å². The maximum Gasteiger partial charge on any atom is 0.304 e. The molecule has 2 atom stereocenters. The monoisotopic (exact) mass is 217 g/mol. The first kappa shape index (κ1) is 14.1. The highest BCUT2D eigenvalue weighted by Crippen LogP contribution is 2.03. The molecule has 2 unspecified atom stereocenters. The lowest BCUT2D eigenvalue weighted by Crippen LogP contribution is -2.43. The summed E-state index contributed by atoms with van der Waals surface area (Å²) in [5, 5.41) is 17.8. The molecule has 0 radical (unpaired) electrons. The van der Waals surface area contributed by atoms with Gasteiger partial charge in [0.2, 0.25) is 0 Å². The summed E-state index contributed by atoms with van der Waals surface area (Å²) in [7, 11) is 0. The second-order valence-electron chi connectivity index (χ2n) is 3.77. The van der Waals surface area contributed by atoms with Gasteiger partial charge in [0.25, 0.3) is 0 Å². The first-order valence-corrected chi connectivity index (χ1v) is 4.99. The summed E-state index contributed by atoms with van der Waals surface area (Å²) in [5.74, 6) is -0.928. The van der Waals surface area contributed by atoms with Crippen molar-refractivity contribution in [2.45, 2.75) is 39.3 Å². The summed E-state index contributed by atoms with van der Waals surface area (Å²) in [6.07, 6.45) is -0.592. The lowest BCUT2D eigenvalue weighted by Gasteiger charge is -2.27. The topological polar surface area (TPSA) is 77.8 Å². The normalized spacial score (nSPS) is 15.0. The number of carboxylic acids is 1. The number of aliphatic hydroxyl groups excluding tert-OH is 1. The number of Topliss-reactive ketones (excluding diaryl/α,β-unsaturated/α-hetero) is 1. The highest BCUT2D eigenvalue weighted by Gasteiger charge is 2.19. The van der Waals surface area contributed by atoms with Crippen LogP contribution in [0.3, 0.4) is 0 Å². The fraction of sp³-hybridized carbons (Fsp3) is 0.800. The van der Waals surface area contributed by atoms with Gasteiger partial charge in [-0.15, -0.1) is 0 Å². The third-order valence-electron chi connectivity index (χ3n) is 2.25. The van der Waals surface area contributed by atoms with Crippen LogP contribution < -0.4 is 0 Å². The molecule has 0 heterocycles. The van der Waals surface area contributed by atoms with Crippen molar-refractivity contribution in [2.75, 3.05) is 13.1 Å². The smallest absolute Gasteiger partial charge is 0.304 e. The fourth-order valence-corrected chi connectivity index (χ4v) is 1.28. The summed E-state index contributed by atoms with van der Waals surface area (Å²) >= 11 is 0. The van der Waals surface area contributed by atoms with Crippen molar-refractivity contribution in [3.05, 3.63) is 0 Å². The van der Waals surface area contributed by atoms with Crippen LogP contribution in [-0.4, -0.2) is 52.1 Å². The molecule has 0 spiro atoms. The molecule has 0 saturated carbocycles. The molecule has 0 fully saturated rings. The molecule has 0 amide bonds. The number of nitrogens with zero attached hydrogens (tertiary/aromatic N) is 1. The van der Waals surface area contributed by atoms with E-state index in [0.29, 0.717) is 6.54 Å². The Hall–Kier alpha value is -0.940. The zero-order valence-electron chi connectivity index (χ0n) is 9.43. The lowest BCUT2D eigenvalue weighted by molar-refractivity contribution is -0.138. The molecule has 0 aliphatic heterocycles. The predicted octanol–water partition coefficient (Wildman–Crippen LogP) is 0.121. The van der Waals surface area contributed by atoms with Gasteiger partial charge in [0.05, 0.1) is 18.6 Å². The minimum absolute atomic E-state index is 0.0235. The molecule has 0 aromatic rings. The number of aliphatic carboxylic acids is 1. The number of hydrogen-bond donors (Lipinski definition) is 2. The second kappa shape index (κ2) is 6.53. The van der Waals surface area contributed by atoms with Crippen LogP contribution in [0.2, 0.25) is 0 Å². The van der Waals surface area contributed by atoms with Crippen molar-refractivity contribution < 1.29 is 19.8 Å². The van der Waals surface area contributed by atoms with Gasteiger partial charge in [0.1, 0.15) is 5.78 Å². The first-order chi connectivity index (χ1) is 6.84. The molecular weight excluding hydrogens is 198 g/mol. The number of carboxylic acid groups (broad SMARTS) is 1. The highest BCUT2D eigenvalue weighted by molar-refractivity contribution is 5.81. The Morgan fingerprint density at radius 2 is 1.87 bits per heavy atom. The van der Waals surface area contributed by atoms with Crippen LogP contribution in [0, 0.1) is 0 Å². The average molecular weight is 217 g/mol. The molecule has 5 heteroatoms. The molecule has 88 valence electrons. The van der Waals surface area contributed by atoms with Crippen LogP contribution in [0.1, 0.15) is 27.2 Å². The van der Waals surface area contributed by atoms with E-state index >= 15 is 0 Å². The van der Waals surface area contributed by atoms with Crippen LogP contribution in [0.15, 0.2) is 0 Å². The molecule has 2 N–H and O–H groups in total. The SMILES string of the molecule is CC(=O)C(C)N(CCC(=O)O)CC(C)O. The van der Waals surface area contributed by atoms with Gasteiger partial charge >= 0.3 is 5.97 Å². The molecule has 0 aromatic heterocycles. The Labute approximate surface area is 89.7 Å². The van der Waals surface area contributed by atoms with Crippen molar-refractivity contribution in [2.24, 2.45) is 0 Å². The lowest BCUT2D eigenvalue weighted by atomic mass is 10.1. The highest BCUT2D eigenvalue weighted by atomic mass is 16.4. The van der Waals surface area contributed by atoms with Gasteiger partial charge in [0.15, 0.2) is 0 Å². The van der Waals surface area contributed by atoms with Gasteiger partial charge in [-0.05, 0) is 20.8 Å². The Balaban J connectivity index is 4.29. The standard InChI is InChI=1S/C10H19NO4/c1-7(12)6-11(5-4-10(14)15)8(2)9(3)13/h7-8,12H,4-6H2,1-3H3,(H,14,15). The minimum Gasteiger partial charge on any atom is -0.481 e. The molecule has 0 aliphatic carbocycles. The third-order valence-corrected chi connectivity index (χ3v) is 2.25. The van der Waals surface area contributed by atoms with Crippen molar-refractivity contribution in [1.29, 1.82) is 0 Å². The molecule has 0 rings (SSSR count). The maximum atomic E-state index is 11.1. The zero-order chi connectivity index (χ0) is 12.0. The summed E-state index contributed by atoms with van der Waals surface area (Å²) in [5.41, 5.74) is 0. The second-order valence-corrected chi connectivity index (χ2v) is 3.77. The summed E-state index contributed by atoms with van der Waals surface area (Å²) in [4.78, 5) is 23.2. The number of carbonyl (C=O) groups excluding carboxylic acids is 1. The summed E-state index contributed by atoms with van der Waals surface area (Å²) in [6.45, 7) is 5.38. The van der Waals surface area contributed by atoms with Crippen LogP contribution in [-0.2, 0) is 9.59 Å². The van der Waals surface area contributed by atoms with E-state index in [2.05, 4.69) is 0 Å². The molecular formula is C10H19NO4.